The van der Waals surface area contributed by atoms with E-state index in [2.05, 4.69) is 151 Å². The van der Waals surface area contributed by atoms with Gasteiger partial charge in [0.2, 0.25) is 0 Å². The average molecular weight is 636 g/mol. The molecule has 0 aliphatic carbocycles. The molecule has 0 saturated carbocycles. The Hall–Kier alpha value is -6.71. The highest BCUT2D eigenvalue weighted by Gasteiger charge is 2.15. The van der Waals surface area contributed by atoms with Gasteiger partial charge in [-0.25, -0.2) is 4.98 Å². The Morgan fingerprint density at radius 1 is 0.300 bits per heavy atom. The summed E-state index contributed by atoms with van der Waals surface area (Å²) in [6, 6.07) is 58.3. The molecule has 0 amide bonds. The topological polar surface area (TPSA) is 38.7 Å². The van der Waals surface area contributed by atoms with Crippen LogP contribution in [-0.2, 0) is 0 Å². The lowest BCUT2D eigenvalue weighted by Gasteiger charge is -2.15. The first-order valence-electron chi connectivity index (χ1n) is 16.9. The van der Waals surface area contributed by atoms with Gasteiger partial charge < -0.3 is 0 Å². The Balaban J connectivity index is 1.17. The van der Waals surface area contributed by atoms with E-state index in [-0.39, 0.29) is 0 Å². The molecule has 232 valence electrons. The Labute approximate surface area is 289 Å². The van der Waals surface area contributed by atoms with Crippen LogP contribution >= 0.6 is 0 Å². The number of para-hydroxylation sites is 1. The second-order valence-corrected chi connectivity index (χ2v) is 12.9. The van der Waals surface area contributed by atoms with E-state index < -0.39 is 0 Å². The minimum absolute atomic E-state index is 0.892. The summed E-state index contributed by atoms with van der Waals surface area (Å²) in [5.41, 5.74) is 10.3. The molecule has 0 atom stereocenters. The molecule has 0 aliphatic rings. The van der Waals surface area contributed by atoms with Gasteiger partial charge in [-0.1, -0.05) is 115 Å². The fourth-order valence-corrected chi connectivity index (χ4v) is 7.36. The van der Waals surface area contributed by atoms with E-state index in [1.807, 2.05) is 30.6 Å². The molecule has 50 heavy (non-hydrogen) atoms. The van der Waals surface area contributed by atoms with E-state index in [0.29, 0.717) is 0 Å². The maximum Gasteiger partial charge on any atom is 0.0718 e. The Bertz CT molecular complexity index is 2930. The molecule has 0 spiro atoms. The SMILES string of the molecule is c1ccc2cc(-c3cc(-c4ccc(-c5cnc6ccccc6c5)nc4)c4cc(-c5cc6ccccc6c6ccccc56)ccc4n3)ccc2c1. The molecule has 0 N–H and O–H groups in total. The largest absolute Gasteiger partial charge is 0.256 e. The van der Waals surface area contributed by atoms with E-state index in [9.17, 15) is 0 Å². The average Bonchev–Trinajstić information content (AvgIpc) is 3.19. The number of hydrogen-bond acceptors (Lipinski definition) is 3. The molecular formula is C47H29N3. The Morgan fingerprint density at radius 3 is 1.82 bits per heavy atom. The third kappa shape index (κ3) is 4.79. The summed E-state index contributed by atoms with van der Waals surface area (Å²) >= 11 is 0. The zero-order chi connectivity index (χ0) is 33.0. The van der Waals surface area contributed by atoms with Crippen molar-refractivity contribution in [2.75, 3.05) is 0 Å². The van der Waals surface area contributed by atoms with E-state index in [1.165, 1.54) is 37.9 Å². The van der Waals surface area contributed by atoms with Crippen LogP contribution in [0.4, 0.5) is 0 Å². The fraction of sp³-hybridized carbons (Fsp3) is 0. The summed E-state index contributed by atoms with van der Waals surface area (Å²) in [7, 11) is 0. The Morgan fingerprint density at radius 2 is 0.960 bits per heavy atom. The summed E-state index contributed by atoms with van der Waals surface area (Å²) in [5, 5.41) is 9.60. The van der Waals surface area contributed by atoms with Gasteiger partial charge in [-0.2, -0.15) is 0 Å². The van der Waals surface area contributed by atoms with Crippen molar-refractivity contribution in [2.45, 2.75) is 0 Å². The second-order valence-electron chi connectivity index (χ2n) is 12.9. The molecule has 0 unspecified atom stereocenters. The third-order valence-electron chi connectivity index (χ3n) is 9.89. The number of benzene rings is 7. The first-order chi connectivity index (χ1) is 24.7. The van der Waals surface area contributed by atoms with Crippen LogP contribution in [0.3, 0.4) is 0 Å². The maximum absolute atomic E-state index is 5.25. The van der Waals surface area contributed by atoms with Gasteiger partial charge in [0.25, 0.3) is 0 Å². The lowest BCUT2D eigenvalue weighted by Crippen LogP contribution is -1.93. The molecule has 3 heteroatoms. The first-order valence-corrected chi connectivity index (χ1v) is 16.9. The van der Waals surface area contributed by atoms with Crippen LogP contribution in [0.25, 0.3) is 98.9 Å². The lowest BCUT2D eigenvalue weighted by atomic mass is 9.91. The predicted molar refractivity (Wildman–Crippen MR) is 209 cm³/mol. The normalized spacial score (nSPS) is 11.6. The van der Waals surface area contributed by atoms with Gasteiger partial charge in [0.15, 0.2) is 0 Å². The zero-order valence-corrected chi connectivity index (χ0v) is 27.1. The van der Waals surface area contributed by atoms with E-state index >= 15 is 0 Å². The van der Waals surface area contributed by atoms with Crippen LogP contribution < -0.4 is 0 Å². The highest BCUT2D eigenvalue weighted by molar-refractivity contribution is 6.14. The number of aromatic nitrogens is 3. The molecule has 3 heterocycles. The molecular weight excluding hydrogens is 607 g/mol. The summed E-state index contributed by atoms with van der Waals surface area (Å²) in [6.45, 7) is 0. The van der Waals surface area contributed by atoms with Crippen LogP contribution in [0.2, 0.25) is 0 Å². The van der Waals surface area contributed by atoms with Crippen molar-refractivity contribution >= 4 is 54.1 Å². The van der Waals surface area contributed by atoms with Crippen LogP contribution in [0.15, 0.2) is 176 Å². The maximum atomic E-state index is 5.25. The van der Waals surface area contributed by atoms with Crippen molar-refractivity contribution in [3.05, 3.63) is 176 Å². The molecule has 3 nitrogen and oxygen atoms in total. The fourth-order valence-electron chi connectivity index (χ4n) is 7.36. The zero-order valence-electron chi connectivity index (χ0n) is 27.1. The van der Waals surface area contributed by atoms with Gasteiger partial charge in [0, 0.05) is 39.9 Å². The van der Waals surface area contributed by atoms with E-state index in [1.54, 1.807) is 0 Å². The summed E-state index contributed by atoms with van der Waals surface area (Å²) in [4.78, 5) is 14.9. The lowest BCUT2D eigenvalue weighted by molar-refractivity contribution is 1.30. The molecule has 0 radical (unpaired) electrons. The molecule has 0 bridgehead atoms. The quantitative estimate of drug-likeness (QED) is 0.181. The van der Waals surface area contributed by atoms with Gasteiger partial charge in [-0.05, 0) is 97.5 Å². The van der Waals surface area contributed by atoms with Crippen molar-refractivity contribution in [2.24, 2.45) is 0 Å². The molecule has 10 rings (SSSR count). The van der Waals surface area contributed by atoms with Crippen LogP contribution in [0, 0.1) is 0 Å². The van der Waals surface area contributed by atoms with Gasteiger partial charge >= 0.3 is 0 Å². The number of hydrogen-bond donors (Lipinski definition) is 0. The minimum Gasteiger partial charge on any atom is -0.256 e. The number of fused-ring (bicyclic) bond motifs is 6. The van der Waals surface area contributed by atoms with Crippen molar-refractivity contribution < 1.29 is 0 Å². The number of nitrogens with zero attached hydrogens (tertiary/aromatic N) is 3. The molecule has 0 aliphatic heterocycles. The smallest absolute Gasteiger partial charge is 0.0718 e. The summed E-state index contributed by atoms with van der Waals surface area (Å²) in [6.07, 6.45) is 3.89. The summed E-state index contributed by atoms with van der Waals surface area (Å²) in [5.74, 6) is 0. The summed E-state index contributed by atoms with van der Waals surface area (Å²) < 4.78 is 0. The molecule has 3 aromatic heterocycles. The van der Waals surface area contributed by atoms with Gasteiger partial charge in [0.1, 0.15) is 0 Å². The minimum atomic E-state index is 0.892. The first kappa shape index (κ1) is 28.3. The van der Waals surface area contributed by atoms with Crippen LogP contribution in [0.5, 0.6) is 0 Å². The van der Waals surface area contributed by atoms with Crippen molar-refractivity contribution in [3.8, 4) is 44.8 Å². The highest BCUT2D eigenvalue weighted by atomic mass is 14.7. The standard InChI is InChI=1S/C47H29N3/c1-2-10-31-23-35(18-17-30(31)9-1)47-27-42(36-20-21-45(48-28-36)37-24-34-12-4-8-16-44(34)49-29-37)43-26-33(19-22-46(43)50-47)41-25-32-11-3-5-13-38(32)39-14-6-7-15-40(39)41/h1-29H. The third-order valence-corrected chi connectivity index (χ3v) is 9.89. The molecule has 0 saturated heterocycles. The van der Waals surface area contributed by atoms with Crippen molar-refractivity contribution in [3.63, 3.8) is 0 Å². The van der Waals surface area contributed by atoms with Gasteiger partial charge in [-0.3, -0.25) is 9.97 Å². The van der Waals surface area contributed by atoms with Crippen LogP contribution in [0.1, 0.15) is 0 Å². The Kier molecular flexibility index (Phi) is 6.49. The van der Waals surface area contributed by atoms with Crippen molar-refractivity contribution in [1.29, 1.82) is 0 Å². The van der Waals surface area contributed by atoms with Crippen LogP contribution in [-0.4, -0.2) is 15.0 Å². The predicted octanol–water partition coefficient (Wildman–Crippen LogP) is 12.3. The molecule has 7 aromatic carbocycles. The van der Waals surface area contributed by atoms with E-state index in [4.69, 9.17) is 9.97 Å². The van der Waals surface area contributed by atoms with E-state index in [0.717, 1.165) is 61.0 Å². The number of pyridine rings is 3. The number of rotatable bonds is 4. The second kappa shape index (κ2) is 11.5. The van der Waals surface area contributed by atoms with Gasteiger partial charge in [-0.15, -0.1) is 0 Å². The van der Waals surface area contributed by atoms with Crippen molar-refractivity contribution in [1.82, 2.24) is 15.0 Å². The van der Waals surface area contributed by atoms with Gasteiger partial charge in [0.05, 0.1) is 22.4 Å². The molecule has 10 aromatic rings. The molecule has 0 fully saturated rings. The highest BCUT2D eigenvalue weighted by Crippen LogP contribution is 2.39. The monoisotopic (exact) mass is 635 g/mol.